The number of rotatable bonds is 6. The molecule has 0 aromatic rings. The van der Waals surface area contributed by atoms with Crippen molar-refractivity contribution >= 4 is 43.9 Å². The van der Waals surface area contributed by atoms with Crippen LogP contribution in [0.4, 0.5) is 4.79 Å². The van der Waals surface area contributed by atoms with Gasteiger partial charge in [-0.05, 0) is 0 Å². The Kier molecular flexibility index (Phi) is 13.5. The van der Waals surface area contributed by atoms with Gasteiger partial charge in [0.1, 0.15) is 55.9 Å². The van der Waals surface area contributed by atoms with Crippen molar-refractivity contribution in [2.45, 2.75) is 54.8 Å². The fraction of sp³-hybridized carbons (Fsp3) is 0.923. The first-order chi connectivity index (χ1) is 13.2. The van der Waals surface area contributed by atoms with Crippen LogP contribution in [0.3, 0.4) is 0 Å². The van der Waals surface area contributed by atoms with E-state index in [2.05, 4.69) is 4.74 Å². The van der Waals surface area contributed by atoms with Crippen LogP contribution >= 0.6 is 0 Å². The molecule has 9 atom stereocenters. The molecule has 8 N–H and O–H groups in total. The maximum atomic E-state index is 10.5. The van der Waals surface area contributed by atoms with Crippen molar-refractivity contribution in [2.75, 3.05) is 19.8 Å². The number of aliphatic hydroxyl groups is 7. The zero-order valence-corrected chi connectivity index (χ0v) is 15.8. The summed E-state index contributed by atoms with van der Waals surface area (Å²) < 4.78 is 28.0. The first kappa shape index (κ1) is 29.6. The molecule has 16 heteroatoms. The molecule has 0 amide bonds. The summed E-state index contributed by atoms with van der Waals surface area (Å²) in [6.07, 6.45) is -15.1. The van der Waals surface area contributed by atoms with Gasteiger partial charge < -0.3 is 59.8 Å². The molecule has 2 saturated heterocycles. The summed E-state index contributed by atoms with van der Waals surface area (Å²) in [6, 6.07) is 0. The molecule has 2 rings (SSSR count). The predicted octanol–water partition coefficient (Wildman–Crippen LogP) is -5.73. The van der Waals surface area contributed by atoms with Gasteiger partial charge in [-0.1, -0.05) is 0 Å². The molecule has 0 saturated carbocycles. The summed E-state index contributed by atoms with van der Waals surface area (Å²) in [5, 5.41) is 76.7. The van der Waals surface area contributed by atoms with E-state index < -0.39 is 80.8 Å². The number of hydrogen-bond acceptors (Lipinski definition) is 13. The van der Waals surface area contributed by atoms with Crippen molar-refractivity contribution in [3.63, 3.8) is 0 Å². The van der Waals surface area contributed by atoms with Gasteiger partial charge in [0.05, 0.1) is 6.61 Å². The molecule has 29 heavy (non-hydrogen) atoms. The first-order valence-corrected chi connectivity index (χ1v) is 8.50. The van der Waals surface area contributed by atoms with Gasteiger partial charge in [-0.2, -0.15) is 0 Å². The average Bonchev–Trinajstić information content (AvgIpc) is 2.94. The Morgan fingerprint density at radius 3 is 2.00 bits per heavy atom. The predicted molar refractivity (Wildman–Crippen MR) is 84.8 cm³/mol. The molecule has 0 radical (unpaired) electrons. The van der Waals surface area contributed by atoms with Gasteiger partial charge in [0.2, 0.25) is 5.79 Å². The zero-order valence-electron chi connectivity index (χ0n) is 14.3. The molecule has 2 heterocycles. The number of carbonyl (C=O) groups is 1. The van der Waals surface area contributed by atoms with E-state index in [0.29, 0.717) is 0 Å². The molecular formula is C13H24CaO14Ti. The van der Waals surface area contributed by atoms with Crippen molar-refractivity contribution in [3.05, 3.63) is 0 Å². The Hall–Kier alpha value is 0.644. The zero-order chi connectivity index (χ0) is 21.6. The molecule has 0 aromatic carbocycles. The fourth-order valence-corrected chi connectivity index (χ4v) is 2.77. The summed E-state index contributed by atoms with van der Waals surface area (Å²) in [6.45, 7) is -2.45. The topological polar surface area (TPSA) is 233 Å². The minimum atomic E-state index is -2.31. The quantitative estimate of drug-likeness (QED) is 0.128. The molecular weight excluding hydrogens is 468 g/mol. The van der Waals surface area contributed by atoms with Gasteiger partial charge in [-0.25, -0.2) is 4.79 Å². The van der Waals surface area contributed by atoms with Crippen LogP contribution in [0, 0.1) is 0 Å². The molecule has 0 aromatic heterocycles. The van der Waals surface area contributed by atoms with Crippen molar-refractivity contribution in [2.24, 2.45) is 0 Å². The van der Waals surface area contributed by atoms with Crippen LogP contribution in [0.2, 0.25) is 0 Å². The molecule has 0 unspecified atom stereocenters. The summed E-state index contributed by atoms with van der Waals surface area (Å²) in [5.74, 6) is -2.31. The summed E-state index contributed by atoms with van der Waals surface area (Å²) in [5.41, 5.74) is 0. The van der Waals surface area contributed by atoms with E-state index >= 15 is 0 Å². The van der Waals surface area contributed by atoms with Crippen LogP contribution in [-0.4, -0.2) is 159 Å². The van der Waals surface area contributed by atoms with Crippen LogP contribution in [0.15, 0.2) is 0 Å². The molecule has 0 spiro atoms. The van der Waals surface area contributed by atoms with Gasteiger partial charge in [0.15, 0.2) is 6.29 Å². The van der Waals surface area contributed by atoms with Crippen LogP contribution in [0.1, 0.15) is 0 Å². The van der Waals surface area contributed by atoms with Crippen LogP contribution in [0.5, 0.6) is 0 Å². The average molecular weight is 492 g/mol. The standard InChI is InChI=1S/C13H22O13.Ca.O.Ti.2H/c14-1-4-7(17)10(20)13(3-15,25-4)26-11-9(19)8(18)6(16)5(24-11)2-23-12(21)22;;;;;/h4-11,14-20H,1-3H2,(H,21,22);;;;;/t4-,5-,6-,7-,8+,9-,10+,11-,13+;;;;;/m1...../s1. The van der Waals surface area contributed by atoms with Crippen molar-refractivity contribution in [1.82, 2.24) is 0 Å². The van der Waals surface area contributed by atoms with Gasteiger partial charge in [0.25, 0.3) is 0 Å². The molecule has 2 aliphatic rings. The Morgan fingerprint density at radius 1 is 0.966 bits per heavy atom. The molecule has 14 nitrogen and oxygen atoms in total. The molecule has 166 valence electrons. The third-order valence-electron chi connectivity index (χ3n) is 4.26. The molecule has 2 aliphatic heterocycles. The Bertz CT molecular complexity index is 516. The van der Waals surface area contributed by atoms with Gasteiger partial charge in [0, 0.05) is 0 Å². The SMILES string of the molecule is O=C(O)OC[C@H]1O[C@H](O[C@]2(CO)O[C@H](CO)[C@@H](O)[C@@H]2O)[C@H](O)[C@@H](O)[C@@H]1O.[CaH2].[O]=[Ti]. The monoisotopic (exact) mass is 492 g/mol. The summed E-state index contributed by atoms with van der Waals surface area (Å²) >= 11 is 0.750. The third kappa shape index (κ3) is 6.81. The van der Waals surface area contributed by atoms with Gasteiger partial charge >= 0.3 is 67.6 Å². The second kappa shape index (κ2) is 13.3. The minimum absolute atomic E-state index is 0. The van der Waals surface area contributed by atoms with Crippen LogP contribution in [0.25, 0.3) is 0 Å². The van der Waals surface area contributed by atoms with E-state index in [0.717, 1.165) is 20.4 Å². The number of aliphatic hydroxyl groups excluding tert-OH is 7. The van der Waals surface area contributed by atoms with Gasteiger partial charge in [-0.3, -0.25) is 0 Å². The van der Waals surface area contributed by atoms with Crippen molar-refractivity contribution in [1.29, 1.82) is 0 Å². The maximum absolute atomic E-state index is 10.5. The molecule has 0 aliphatic carbocycles. The van der Waals surface area contributed by atoms with E-state index in [4.69, 9.17) is 27.7 Å². The van der Waals surface area contributed by atoms with E-state index in [1.165, 1.54) is 0 Å². The molecule has 2 fully saturated rings. The van der Waals surface area contributed by atoms with E-state index in [1.54, 1.807) is 0 Å². The third-order valence-corrected chi connectivity index (χ3v) is 4.26. The Balaban J connectivity index is 0.00000253. The van der Waals surface area contributed by atoms with E-state index in [9.17, 15) is 35.4 Å². The number of ether oxygens (including phenoxy) is 4. The van der Waals surface area contributed by atoms with Crippen molar-refractivity contribution in [3.8, 4) is 0 Å². The van der Waals surface area contributed by atoms with E-state index in [1.807, 2.05) is 0 Å². The van der Waals surface area contributed by atoms with Gasteiger partial charge in [-0.15, -0.1) is 0 Å². The van der Waals surface area contributed by atoms with E-state index in [-0.39, 0.29) is 37.7 Å². The van der Waals surface area contributed by atoms with Crippen LogP contribution in [-0.2, 0) is 42.7 Å². The molecule has 0 bridgehead atoms. The Morgan fingerprint density at radius 2 is 1.55 bits per heavy atom. The summed E-state index contributed by atoms with van der Waals surface area (Å²) in [7, 11) is 0. The first-order valence-electron chi connectivity index (χ1n) is 7.86. The number of hydrogen-bond donors (Lipinski definition) is 8. The van der Waals surface area contributed by atoms with Crippen molar-refractivity contribution < 1.29 is 88.3 Å². The van der Waals surface area contributed by atoms with Crippen LogP contribution < -0.4 is 0 Å². The number of carboxylic acid groups (broad SMARTS) is 1. The second-order valence-electron chi connectivity index (χ2n) is 5.95. The fourth-order valence-electron chi connectivity index (χ4n) is 2.77. The normalized spacial score (nSPS) is 41.6. The Labute approximate surface area is 205 Å². The second-order valence-corrected chi connectivity index (χ2v) is 5.95. The summed E-state index contributed by atoms with van der Waals surface area (Å²) in [4.78, 5) is 10.5.